The van der Waals surface area contributed by atoms with Crippen molar-refractivity contribution >= 4 is 50.3 Å². The molecule has 0 radical (unpaired) electrons. The molecule has 0 saturated carbocycles. The average molecular weight is 425 g/mol. The summed E-state index contributed by atoms with van der Waals surface area (Å²) < 4.78 is 2.91. The van der Waals surface area contributed by atoms with Crippen LogP contribution in [-0.4, -0.2) is 29.9 Å². The molecule has 0 bridgehead atoms. The molecule has 0 fully saturated rings. The van der Waals surface area contributed by atoms with E-state index in [1.54, 1.807) is 0 Å². The second kappa shape index (κ2) is 9.41. The van der Waals surface area contributed by atoms with Gasteiger partial charge in [0.25, 0.3) is 0 Å². The molecule has 0 atom stereocenters. The molecule has 1 rings (SSSR count). The number of halogens is 1. The number of unbranched alkanes of at least 4 members (excludes halogenated alkanes) is 2. The van der Waals surface area contributed by atoms with Crippen molar-refractivity contribution in [1.29, 1.82) is 0 Å². The fraction of sp³-hybridized carbons (Fsp3) is 0.429. The van der Waals surface area contributed by atoms with E-state index < -0.39 is 0 Å². The van der Waals surface area contributed by atoms with Gasteiger partial charge in [-0.1, -0.05) is 0 Å². The molecule has 17 heavy (non-hydrogen) atoms. The fourth-order valence-electron chi connectivity index (χ4n) is 1.29. The van der Waals surface area contributed by atoms with E-state index in [0.717, 1.165) is 0 Å². The molecule has 94 valence electrons. The Kier molecular flexibility index (Phi) is 8.60. The Balaban J connectivity index is 2.29. The van der Waals surface area contributed by atoms with Crippen molar-refractivity contribution in [3.63, 3.8) is 0 Å². The van der Waals surface area contributed by atoms with Crippen LogP contribution < -0.4 is 4.46 Å². The molecular formula is C14H19BrSe2. The standard InChI is InChI=1S/C14H19BrSe2/c1-3-4-5-10-16-14(15)11-17-13-8-6-12(2)7-9-13/h6-9,11H,3-5,10H2,1-2H3/b14-11-. The second-order valence-electron chi connectivity index (χ2n) is 3.91. The molecule has 0 saturated heterocycles. The molecule has 0 aliphatic rings. The molecule has 1 aromatic carbocycles. The van der Waals surface area contributed by atoms with Crippen molar-refractivity contribution in [2.75, 3.05) is 0 Å². The summed E-state index contributed by atoms with van der Waals surface area (Å²) in [6.07, 6.45) is 4.09. The van der Waals surface area contributed by atoms with E-state index >= 15 is 0 Å². The van der Waals surface area contributed by atoms with E-state index in [0.29, 0.717) is 29.9 Å². The monoisotopic (exact) mass is 426 g/mol. The summed E-state index contributed by atoms with van der Waals surface area (Å²) in [6.45, 7) is 4.40. The van der Waals surface area contributed by atoms with Gasteiger partial charge in [-0.15, -0.1) is 0 Å². The van der Waals surface area contributed by atoms with Crippen LogP contribution in [0.15, 0.2) is 32.6 Å². The quantitative estimate of drug-likeness (QED) is 0.461. The predicted octanol–water partition coefficient (Wildman–Crippen LogP) is 3.83. The zero-order valence-corrected chi connectivity index (χ0v) is 15.4. The Hall–Kier alpha value is 0.479. The van der Waals surface area contributed by atoms with Gasteiger partial charge in [0.1, 0.15) is 0 Å². The minimum absolute atomic E-state index is 0.485. The zero-order chi connectivity index (χ0) is 12.5. The maximum absolute atomic E-state index is 3.71. The summed E-state index contributed by atoms with van der Waals surface area (Å²) in [6, 6.07) is 8.89. The van der Waals surface area contributed by atoms with Gasteiger partial charge in [-0.25, -0.2) is 0 Å². The van der Waals surface area contributed by atoms with Crippen LogP contribution in [0.1, 0.15) is 31.7 Å². The van der Waals surface area contributed by atoms with Crippen molar-refractivity contribution in [3.05, 3.63) is 38.2 Å². The summed E-state index contributed by atoms with van der Waals surface area (Å²) in [5, 5.41) is 1.38. The van der Waals surface area contributed by atoms with Crippen LogP contribution in [-0.2, 0) is 0 Å². The van der Waals surface area contributed by atoms with Gasteiger partial charge in [0.05, 0.1) is 0 Å². The van der Waals surface area contributed by atoms with Crippen molar-refractivity contribution in [2.24, 2.45) is 0 Å². The van der Waals surface area contributed by atoms with Crippen LogP contribution in [0.4, 0.5) is 0 Å². The number of aryl methyl sites for hydroxylation is 1. The van der Waals surface area contributed by atoms with Gasteiger partial charge in [0.15, 0.2) is 0 Å². The topological polar surface area (TPSA) is 0 Å². The van der Waals surface area contributed by atoms with Gasteiger partial charge >= 0.3 is 127 Å². The number of hydrogen-bond acceptors (Lipinski definition) is 0. The zero-order valence-electron chi connectivity index (χ0n) is 10.4. The maximum atomic E-state index is 3.71. The molecule has 0 nitrogen and oxygen atoms in total. The molecule has 0 aliphatic heterocycles. The van der Waals surface area contributed by atoms with Crippen LogP contribution >= 0.6 is 15.9 Å². The van der Waals surface area contributed by atoms with Crippen molar-refractivity contribution in [3.8, 4) is 0 Å². The summed E-state index contributed by atoms with van der Waals surface area (Å²) in [5.74, 6) is 0. The summed E-state index contributed by atoms with van der Waals surface area (Å²) in [5.41, 5.74) is 1.34. The van der Waals surface area contributed by atoms with Gasteiger partial charge in [0.2, 0.25) is 0 Å². The second-order valence-corrected chi connectivity index (χ2v) is 10.3. The third-order valence-electron chi connectivity index (χ3n) is 2.30. The number of benzene rings is 1. The van der Waals surface area contributed by atoms with Gasteiger partial charge in [-0.3, -0.25) is 0 Å². The van der Waals surface area contributed by atoms with E-state index in [-0.39, 0.29) is 0 Å². The summed E-state index contributed by atoms with van der Waals surface area (Å²) >= 11 is 4.85. The van der Waals surface area contributed by atoms with E-state index in [4.69, 9.17) is 0 Å². The van der Waals surface area contributed by atoms with Gasteiger partial charge < -0.3 is 0 Å². The number of rotatable bonds is 7. The third-order valence-corrected chi connectivity index (χ3v) is 8.90. The van der Waals surface area contributed by atoms with Crippen molar-refractivity contribution in [2.45, 2.75) is 38.4 Å². The number of hydrogen-bond donors (Lipinski definition) is 0. The minimum atomic E-state index is 0.485. The van der Waals surface area contributed by atoms with Gasteiger partial charge in [0, 0.05) is 0 Å². The molecule has 1 aromatic rings. The van der Waals surface area contributed by atoms with Crippen LogP contribution in [0.3, 0.4) is 0 Å². The Labute approximate surface area is 126 Å². The molecule has 3 heteroatoms. The van der Waals surface area contributed by atoms with Crippen molar-refractivity contribution < 1.29 is 0 Å². The van der Waals surface area contributed by atoms with Crippen LogP contribution in [0.2, 0.25) is 5.32 Å². The van der Waals surface area contributed by atoms with Gasteiger partial charge in [-0.05, 0) is 0 Å². The Morgan fingerprint density at radius 2 is 1.94 bits per heavy atom. The first-order valence-electron chi connectivity index (χ1n) is 5.94. The SMILES string of the molecule is CCCCC[Se]/C(Br)=C\[Se]c1ccc(C)cc1. The van der Waals surface area contributed by atoms with Crippen molar-refractivity contribution in [1.82, 2.24) is 0 Å². The third kappa shape index (κ3) is 7.49. The van der Waals surface area contributed by atoms with Crippen LogP contribution in [0.5, 0.6) is 0 Å². The molecule has 0 unspecified atom stereocenters. The van der Waals surface area contributed by atoms with Gasteiger partial charge in [-0.2, -0.15) is 0 Å². The van der Waals surface area contributed by atoms with E-state index in [9.17, 15) is 0 Å². The molecule has 0 spiro atoms. The normalized spacial score (nSPS) is 11.8. The Morgan fingerprint density at radius 3 is 2.59 bits per heavy atom. The molecule has 0 amide bonds. The molecule has 0 aromatic heterocycles. The summed E-state index contributed by atoms with van der Waals surface area (Å²) in [4.78, 5) is 2.39. The molecule has 0 N–H and O–H groups in total. The van der Waals surface area contributed by atoms with E-state index in [1.807, 2.05) is 0 Å². The summed E-state index contributed by atoms with van der Waals surface area (Å²) in [7, 11) is 0. The first-order valence-corrected chi connectivity index (χ1v) is 10.6. The van der Waals surface area contributed by atoms with Crippen LogP contribution in [0, 0.1) is 6.92 Å². The van der Waals surface area contributed by atoms with Crippen LogP contribution in [0.25, 0.3) is 0 Å². The first kappa shape index (κ1) is 15.5. The average Bonchev–Trinajstić information content (AvgIpc) is 2.34. The first-order chi connectivity index (χ1) is 8.22. The Morgan fingerprint density at radius 1 is 1.24 bits per heavy atom. The Bertz CT molecular complexity index is 344. The predicted molar refractivity (Wildman–Crippen MR) is 83.7 cm³/mol. The van der Waals surface area contributed by atoms with E-state index in [2.05, 4.69) is 59.0 Å². The fourth-order valence-corrected chi connectivity index (χ4v) is 6.26. The molecular weight excluding hydrogens is 406 g/mol. The molecule has 0 heterocycles. The molecule has 0 aliphatic carbocycles. The van der Waals surface area contributed by atoms with E-state index in [1.165, 1.54) is 38.0 Å².